The van der Waals surface area contributed by atoms with Gasteiger partial charge < -0.3 is 5.11 Å². The summed E-state index contributed by atoms with van der Waals surface area (Å²) < 4.78 is 0. The van der Waals surface area contributed by atoms with Crippen molar-refractivity contribution in [1.29, 1.82) is 0 Å². The van der Waals surface area contributed by atoms with Gasteiger partial charge in [0.1, 0.15) is 0 Å². The van der Waals surface area contributed by atoms with Crippen molar-refractivity contribution in [3.63, 3.8) is 0 Å². The Kier molecular flexibility index (Phi) is 2.90. The van der Waals surface area contributed by atoms with Crippen LogP contribution in [0.25, 0.3) is 0 Å². The third-order valence-electron chi connectivity index (χ3n) is 2.28. The Labute approximate surface area is 69.2 Å². The number of aliphatic hydroxyl groups is 1. The molecule has 1 rings (SSSR count). The molecule has 1 N–H and O–H groups in total. The molecule has 1 fully saturated rings. The van der Waals surface area contributed by atoms with Crippen LogP contribution in [-0.4, -0.2) is 35.2 Å². The number of likely N-dealkylation sites (tertiary alicyclic amines) is 1. The largest absolute Gasteiger partial charge is 0.392 e. The van der Waals surface area contributed by atoms with Crippen LogP contribution in [0.4, 0.5) is 0 Å². The maximum absolute atomic E-state index is 9.34. The molecule has 0 aromatic heterocycles. The maximum Gasteiger partial charge on any atom is 0.0682 e. The Hall–Kier alpha value is -0.0800. The van der Waals surface area contributed by atoms with Crippen LogP contribution in [0.2, 0.25) is 0 Å². The molecule has 2 nitrogen and oxygen atoms in total. The third-order valence-corrected chi connectivity index (χ3v) is 2.28. The number of hydrogen-bond donors (Lipinski definition) is 1. The van der Waals surface area contributed by atoms with Crippen molar-refractivity contribution < 1.29 is 5.11 Å². The van der Waals surface area contributed by atoms with Crippen LogP contribution in [0, 0.1) is 5.92 Å². The van der Waals surface area contributed by atoms with Crippen molar-refractivity contribution >= 4 is 0 Å². The van der Waals surface area contributed by atoms with Crippen molar-refractivity contribution in [3.05, 3.63) is 0 Å². The topological polar surface area (TPSA) is 23.5 Å². The molecule has 0 amide bonds. The Morgan fingerprint density at radius 3 is 2.55 bits per heavy atom. The van der Waals surface area contributed by atoms with Gasteiger partial charge in [0.2, 0.25) is 0 Å². The van der Waals surface area contributed by atoms with Crippen molar-refractivity contribution in [2.45, 2.75) is 39.3 Å². The van der Waals surface area contributed by atoms with E-state index in [0.29, 0.717) is 12.0 Å². The first-order chi connectivity index (χ1) is 5.09. The zero-order valence-corrected chi connectivity index (χ0v) is 7.75. The molecule has 0 bridgehead atoms. The summed E-state index contributed by atoms with van der Waals surface area (Å²) in [5.41, 5.74) is 0. The van der Waals surface area contributed by atoms with E-state index >= 15 is 0 Å². The highest BCUT2D eigenvalue weighted by Gasteiger charge is 2.27. The minimum Gasteiger partial charge on any atom is -0.392 e. The summed E-state index contributed by atoms with van der Waals surface area (Å²) in [5.74, 6) is 0.711. The summed E-state index contributed by atoms with van der Waals surface area (Å²) >= 11 is 0. The third kappa shape index (κ3) is 2.46. The first kappa shape index (κ1) is 9.01. The highest BCUT2D eigenvalue weighted by atomic mass is 16.3. The molecule has 2 atom stereocenters. The average molecular weight is 157 g/mol. The van der Waals surface area contributed by atoms with Gasteiger partial charge in [-0.05, 0) is 19.3 Å². The molecule has 0 aliphatic carbocycles. The number of β-amino-alcohol motifs (C(OH)–C–C–N with tert-alkyl or cyclic N) is 1. The first-order valence-corrected chi connectivity index (χ1v) is 4.51. The summed E-state index contributed by atoms with van der Waals surface area (Å²) in [7, 11) is 0. The SMILES string of the molecule is CC(C)CN1C[C@@H](O)C[C@H]1C. The molecule has 1 aliphatic heterocycles. The van der Waals surface area contributed by atoms with E-state index in [9.17, 15) is 5.11 Å². The molecule has 0 aromatic rings. The van der Waals surface area contributed by atoms with Crippen molar-refractivity contribution in [2.24, 2.45) is 5.92 Å². The fourth-order valence-electron chi connectivity index (χ4n) is 1.79. The summed E-state index contributed by atoms with van der Waals surface area (Å²) in [4.78, 5) is 2.37. The molecule has 1 saturated heterocycles. The molecule has 66 valence electrons. The molecule has 1 heterocycles. The molecule has 11 heavy (non-hydrogen) atoms. The van der Waals surface area contributed by atoms with Gasteiger partial charge in [-0.25, -0.2) is 0 Å². The van der Waals surface area contributed by atoms with Gasteiger partial charge in [-0.15, -0.1) is 0 Å². The van der Waals surface area contributed by atoms with Gasteiger partial charge in [0.25, 0.3) is 0 Å². The van der Waals surface area contributed by atoms with E-state index in [1.54, 1.807) is 0 Å². The molecular formula is C9H19NO. The number of rotatable bonds is 2. The lowest BCUT2D eigenvalue weighted by molar-refractivity contribution is 0.170. The van der Waals surface area contributed by atoms with Crippen LogP contribution < -0.4 is 0 Å². The van der Waals surface area contributed by atoms with Crippen LogP contribution in [0.3, 0.4) is 0 Å². The zero-order chi connectivity index (χ0) is 8.43. The number of nitrogens with zero attached hydrogens (tertiary/aromatic N) is 1. The lowest BCUT2D eigenvalue weighted by Crippen LogP contribution is -2.31. The number of aliphatic hydroxyl groups excluding tert-OH is 1. The summed E-state index contributed by atoms with van der Waals surface area (Å²) in [6, 6.07) is 0.576. The number of hydrogen-bond acceptors (Lipinski definition) is 2. The van der Waals surface area contributed by atoms with Gasteiger partial charge in [-0.2, -0.15) is 0 Å². The van der Waals surface area contributed by atoms with Crippen LogP contribution >= 0.6 is 0 Å². The van der Waals surface area contributed by atoms with Crippen LogP contribution in [0.1, 0.15) is 27.2 Å². The van der Waals surface area contributed by atoms with E-state index in [1.807, 2.05) is 0 Å². The Morgan fingerprint density at radius 2 is 2.18 bits per heavy atom. The molecule has 2 heteroatoms. The van der Waals surface area contributed by atoms with E-state index in [0.717, 1.165) is 19.5 Å². The molecule has 0 saturated carbocycles. The summed E-state index contributed by atoms with van der Waals surface area (Å²) in [6.07, 6.45) is 0.871. The van der Waals surface area contributed by atoms with E-state index in [4.69, 9.17) is 0 Å². The predicted molar refractivity (Wildman–Crippen MR) is 46.5 cm³/mol. The predicted octanol–water partition coefficient (Wildman–Crippen LogP) is 1.10. The van der Waals surface area contributed by atoms with Gasteiger partial charge in [0.05, 0.1) is 6.10 Å². The molecule has 1 aliphatic rings. The minimum absolute atomic E-state index is 0.0799. The van der Waals surface area contributed by atoms with Crippen LogP contribution in [0.15, 0.2) is 0 Å². The monoisotopic (exact) mass is 157 g/mol. The van der Waals surface area contributed by atoms with Gasteiger partial charge in [0.15, 0.2) is 0 Å². The minimum atomic E-state index is -0.0799. The Morgan fingerprint density at radius 1 is 1.55 bits per heavy atom. The van der Waals surface area contributed by atoms with Crippen molar-refractivity contribution in [3.8, 4) is 0 Å². The fourth-order valence-corrected chi connectivity index (χ4v) is 1.79. The second-order valence-corrected chi connectivity index (χ2v) is 4.09. The molecule has 0 spiro atoms. The quantitative estimate of drug-likeness (QED) is 0.649. The molecule has 0 radical (unpaired) electrons. The first-order valence-electron chi connectivity index (χ1n) is 4.51. The highest BCUT2D eigenvalue weighted by Crippen LogP contribution is 2.18. The standard InChI is InChI=1S/C9H19NO/c1-7(2)5-10-6-9(11)4-8(10)3/h7-9,11H,4-6H2,1-3H3/t8-,9+/m1/s1. The maximum atomic E-state index is 9.34. The summed E-state index contributed by atoms with van der Waals surface area (Å²) in [6.45, 7) is 8.63. The van der Waals surface area contributed by atoms with Crippen LogP contribution in [-0.2, 0) is 0 Å². The zero-order valence-electron chi connectivity index (χ0n) is 7.75. The molecule has 0 unspecified atom stereocenters. The van der Waals surface area contributed by atoms with E-state index in [-0.39, 0.29) is 6.10 Å². The van der Waals surface area contributed by atoms with Crippen LogP contribution in [0.5, 0.6) is 0 Å². The fraction of sp³-hybridized carbons (Fsp3) is 1.00. The van der Waals surface area contributed by atoms with Crippen molar-refractivity contribution in [1.82, 2.24) is 4.90 Å². The molecular weight excluding hydrogens is 138 g/mol. The second kappa shape index (κ2) is 3.55. The van der Waals surface area contributed by atoms with E-state index in [1.165, 1.54) is 0 Å². The highest BCUT2D eigenvalue weighted by molar-refractivity contribution is 4.82. The lowest BCUT2D eigenvalue weighted by Gasteiger charge is -2.22. The van der Waals surface area contributed by atoms with E-state index in [2.05, 4.69) is 25.7 Å². The second-order valence-electron chi connectivity index (χ2n) is 4.09. The smallest absolute Gasteiger partial charge is 0.0682 e. The van der Waals surface area contributed by atoms with Gasteiger partial charge in [-0.3, -0.25) is 4.90 Å². The summed E-state index contributed by atoms with van der Waals surface area (Å²) in [5, 5.41) is 9.34. The Balaban J connectivity index is 2.34. The van der Waals surface area contributed by atoms with Gasteiger partial charge in [0, 0.05) is 19.1 Å². The van der Waals surface area contributed by atoms with Gasteiger partial charge in [-0.1, -0.05) is 13.8 Å². The normalized spacial score (nSPS) is 33.5. The molecule has 0 aromatic carbocycles. The van der Waals surface area contributed by atoms with Crippen molar-refractivity contribution in [2.75, 3.05) is 13.1 Å². The van der Waals surface area contributed by atoms with Gasteiger partial charge >= 0.3 is 0 Å². The van der Waals surface area contributed by atoms with E-state index < -0.39 is 0 Å². The Bertz CT molecular complexity index is 125. The average Bonchev–Trinajstić information content (AvgIpc) is 2.09. The lowest BCUT2D eigenvalue weighted by atomic mass is 10.2.